The van der Waals surface area contributed by atoms with E-state index in [1.165, 1.54) is 15.7 Å². The molecule has 0 bridgehead atoms. The van der Waals surface area contributed by atoms with Gasteiger partial charge in [-0.2, -0.15) is 0 Å². The summed E-state index contributed by atoms with van der Waals surface area (Å²) in [6.45, 7) is 12.8. The Bertz CT molecular complexity index is 591. The lowest BCUT2D eigenvalue weighted by molar-refractivity contribution is -0.156. The second kappa shape index (κ2) is 6.98. The highest BCUT2D eigenvalue weighted by atomic mass is 79.9. The predicted molar refractivity (Wildman–Crippen MR) is 106 cm³/mol. The van der Waals surface area contributed by atoms with E-state index < -0.39 is 14.3 Å². The molecular formula is C15H24BrNO4S2Si. The highest BCUT2D eigenvalue weighted by Gasteiger charge is 2.57. The summed E-state index contributed by atoms with van der Waals surface area (Å²) >= 11 is 3.30. The maximum atomic E-state index is 12.7. The largest absolute Gasteiger partial charge is 0.477 e. The molecule has 2 rings (SSSR count). The molecule has 0 radical (unpaired) electrons. The van der Waals surface area contributed by atoms with Crippen molar-refractivity contribution in [2.75, 3.05) is 5.33 Å². The van der Waals surface area contributed by atoms with Crippen molar-refractivity contribution >= 4 is 57.7 Å². The molecule has 1 saturated heterocycles. The summed E-state index contributed by atoms with van der Waals surface area (Å²) < 4.78 is 6.37. The van der Waals surface area contributed by atoms with E-state index >= 15 is 0 Å². The Balaban J connectivity index is 2.19. The summed E-state index contributed by atoms with van der Waals surface area (Å²) in [7, 11) is 1.01. The first kappa shape index (κ1) is 20.4. The maximum absolute atomic E-state index is 12.7. The summed E-state index contributed by atoms with van der Waals surface area (Å²) in [5.74, 6) is -1.48. The van der Waals surface area contributed by atoms with E-state index in [2.05, 4.69) is 49.8 Å². The van der Waals surface area contributed by atoms with Gasteiger partial charge in [0.05, 0.1) is 12.0 Å². The molecule has 0 aromatic carbocycles. The van der Waals surface area contributed by atoms with E-state index in [4.69, 9.17) is 4.43 Å². The van der Waals surface area contributed by atoms with Crippen LogP contribution in [0.2, 0.25) is 18.1 Å². The minimum atomic E-state index is -1.98. The molecule has 5 nitrogen and oxygen atoms in total. The van der Waals surface area contributed by atoms with Gasteiger partial charge in [-0.05, 0) is 25.1 Å². The number of fused-ring (bicyclic) bond motifs is 1. The summed E-state index contributed by atoms with van der Waals surface area (Å²) in [6.07, 6.45) is -0.215. The number of carbonyl (C=O) groups is 2. The average molecular weight is 454 g/mol. The van der Waals surface area contributed by atoms with E-state index in [-0.39, 0.29) is 34.0 Å². The number of alkyl halides is 1. The first-order chi connectivity index (χ1) is 10.9. The van der Waals surface area contributed by atoms with Crippen molar-refractivity contribution in [2.24, 2.45) is 5.92 Å². The third kappa shape index (κ3) is 3.47. The van der Waals surface area contributed by atoms with Gasteiger partial charge in [-0.15, -0.1) is 0 Å². The van der Waals surface area contributed by atoms with Gasteiger partial charge < -0.3 is 9.53 Å². The standard InChI is InChI=1S/C15H24BrNO4S2Si/c1-8(21-24(5,6)15(2,3)4)10-12(18)17-11(14(19)20)9(7-16)22-23-13(10)17/h8,10,13H,7H2,1-6H3,(H,19,20)/t8-,10+,13-/m1/s1. The molecule has 0 spiro atoms. The van der Waals surface area contributed by atoms with Crippen LogP contribution in [0.4, 0.5) is 0 Å². The molecule has 136 valence electrons. The van der Waals surface area contributed by atoms with E-state index in [9.17, 15) is 14.7 Å². The van der Waals surface area contributed by atoms with E-state index in [0.29, 0.717) is 10.2 Å². The van der Waals surface area contributed by atoms with Gasteiger partial charge in [0.15, 0.2) is 8.32 Å². The minimum Gasteiger partial charge on any atom is -0.477 e. The third-order valence-electron chi connectivity index (χ3n) is 4.95. The van der Waals surface area contributed by atoms with Crippen molar-refractivity contribution in [1.29, 1.82) is 0 Å². The van der Waals surface area contributed by atoms with Gasteiger partial charge in [-0.3, -0.25) is 9.69 Å². The lowest BCUT2D eigenvalue weighted by Gasteiger charge is -2.52. The third-order valence-corrected chi connectivity index (χ3v) is 13.3. The number of nitrogens with zero attached hydrogens (tertiary/aromatic N) is 1. The van der Waals surface area contributed by atoms with Gasteiger partial charge in [-0.25, -0.2) is 4.79 Å². The van der Waals surface area contributed by atoms with Crippen LogP contribution >= 0.6 is 37.5 Å². The highest BCUT2D eigenvalue weighted by Crippen LogP contribution is 2.54. The number of carbonyl (C=O) groups excluding carboxylic acids is 1. The smallest absolute Gasteiger partial charge is 0.353 e. The molecule has 24 heavy (non-hydrogen) atoms. The summed E-state index contributed by atoms with van der Waals surface area (Å²) in [4.78, 5) is 26.4. The fraction of sp³-hybridized carbons (Fsp3) is 0.733. The minimum absolute atomic E-state index is 0.0669. The number of hydrogen-bond donors (Lipinski definition) is 1. The average Bonchev–Trinajstić information content (AvgIpc) is 2.43. The summed E-state index contributed by atoms with van der Waals surface area (Å²) in [5.41, 5.74) is 0.112. The second-order valence-corrected chi connectivity index (χ2v) is 15.3. The first-order valence-electron chi connectivity index (χ1n) is 7.79. The first-order valence-corrected chi connectivity index (χ1v) is 14.0. The maximum Gasteiger partial charge on any atom is 0.353 e. The molecule has 2 aliphatic heterocycles. The van der Waals surface area contributed by atoms with Gasteiger partial charge in [0.2, 0.25) is 5.91 Å². The van der Waals surface area contributed by atoms with E-state index in [1.54, 1.807) is 10.8 Å². The van der Waals surface area contributed by atoms with Gasteiger partial charge in [0, 0.05) is 10.2 Å². The van der Waals surface area contributed by atoms with Crippen LogP contribution in [0.15, 0.2) is 10.6 Å². The molecule has 9 heteroatoms. The summed E-state index contributed by atoms with van der Waals surface area (Å²) in [5, 5.41) is 9.81. The molecule has 0 aromatic heterocycles. The molecule has 3 atom stereocenters. The molecule has 2 aliphatic rings. The molecule has 1 N–H and O–H groups in total. The zero-order chi connectivity index (χ0) is 18.4. The van der Waals surface area contributed by atoms with Gasteiger partial charge in [-0.1, -0.05) is 58.3 Å². The number of amides is 1. The Hall–Kier alpha value is 0.0369. The number of hydrogen-bond acceptors (Lipinski definition) is 5. The quantitative estimate of drug-likeness (QED) is 0.290. The Labute approximate surface area is 160 Å². The summed E-state index contributed by atoms with van der Waals surface area (Å²) in [6, 6.07) is 0. The van der Waals surface area contributed by atoms with Crippen LogP contribution in [-0.2, 0) is 14.0 Å². The lowest BCUT2D eigenvalue weighted by atomic mass is 9.92. The molecule has 0 aromatic rings. The Morgan fingerprint density at radius 3 is 2.50 bits per heavy atom. The SMILES string of the molecule is C[C@@H](O[Si](C)(C)C(C)(C)C)[C@H]1C(=O)N2C(C(=O)O)=C(CBr)SS[C@H]12. The van der Waals surface area contributed by atoms with Crippen molar-refractivity contribution in [3.8, 4) is 0 Å². The van der Waals surface area contributed by atoms with Crippen molar-refractivity contribution in [2.45, 2.75) is 57.3 Å². The number of carboxylic acid groups (broad SMARTS) is 1. The normalized spacial score (nSPS) is 26.1. The molecular weight excluding hydrogens is 430 g/mol. The van der Waals surface area contributed by atoms with Gasteiger partial charge in [0.25, 0.3) is 0 Å². The number of halogens is 1. The molecule has 1 amide bonds. The molecule has 1 fully saturated rings. The molecule has 0 aliphatic carbocycles. The number of carboxylic acids is 1. The van der Waals surface area contributed by atoms with Crippen LogP contribution in [0.25, 0.3) is 0 Å². The van der Waals surface area contributed by atoms with Crippen LogP contribution in [-0.4, -0.2) is 47.0 Å². The molecule has 0 unspecified atom stereocenters. The van der Waals surface area contributed by atoms with E-state index in [1.807, 2.05) is 6.92 Å². The topological polar surface area (TPSA) is 66.8 Å². The fourth-order valence-corrected chi connectivity index (χ4v) is 8.01. The molecule has 2 heterocycles. The number of aliphatic carboxylic acids is 1. The Morgan fingerprint density at radius 1 is 1.46 bits per heavy atom. The monoisotopic (exact) mass is 453 g/mol. The zero-order valence-electron chi connectivity index (χ0n) is 14.8. The van der Waals surface area contributed by atoms with Crippen molar-refractivity contribution in [1.82, 2.24) is 4.90 Å². The van der Waals surface area contributed by atoms with Crippen LogP contribution in [0, 0.1) is 5.92 Å². The lowest BCUT2D eigenvalue weighted by Crippen LogP contribution is -2.65. The van der Waals surface area contributed by atoms with Crippen molar-refractivity contribution in [3.05, 3.63) is 10.6 Å². The number of rotatable bonds is 5. The highest BCUT2D eigenvalue weighted by molar-refractivity contribution is 9.09. The van der Waals surface area contributed by atoms with Crippen LogP contribution in [0.5, 0.6) is 0 Å². The van der Waals surface area contributed by atoms with Crippen LogP contribution in [0.1, 0.15) is 27.7 Å². The van der Waals surface area contributed by atoms with Gasteiger partial charge >= 0.3 is 5.97 Å². The van der Waals surface area contributed by atoms with Crippen LogP contribution < -0.4 is 0 Å². The molecule has 0 saturated carbocycles. The predicted octanol–water partition coefficient (Wildman–Crippen LogP) is 4.27. The van der Waals surface area contributed by atoms with Crippen molar-refractivity contribution in [3.63, 3.8) is 0 Å². The van der Waals surface area contributed by atoms with Gasteiger partial charge in [0.1, 0.15) is 11.1 Å². The Kier molecular flexibility index (Phi) is 5.92. The van der Waals surface area contributed by atoms with E-state index in [0.717, 1.165) is 0 Å². The van der Waals surface area contributed by atoms with Crippen molar-refractivity contribution < 1.29 is 19.1 Å². The fourth-order valence-electron chi connectivity index (χ4n) is 2.56. The zero-order valence-corrected chi connectivity index (χ0v) is 19.0. The number of β-lactam (4-membered cyclic amide) rings is 1. The number of allylic oxidation sites excluding steroid dienone is 1. The van der Waals surface area contributed by atoms with Crippen LogP contribution in [0.3, 0.4) is 0 Å². The second-order valence-electron chi connectivity index (χ2n) is 7.60. The Morgan fingerprint density at radius 2 is 2.04 bits per heavy atom.